The third-order valence-corrected chi connectivity index (χ3v) is 6.45. The fourth-order valence-corrected chi connectivity index (χ4v) is 4.42. The third kappa shape index (κ3) is 5.98. The van der Waals surface area contributed by atoms with E-state index in [9.17, 15) is 17.6 Å². The highest BCUT2D eigenvalue weighted by molar-refractivity contribution is 7.89. The Morgan fingerprint density at radius 3 is 2.55 bits per heavy atom. The number of likely N-dealkylation sites (tertiary alicyclic amines) is 1. The molecule has 0 radical (unpaired) electrons. The Hall–Kier alpha value is -2.51. The first-order valence-electron chi connectivity index (χ1n) is 9.62. The zero-order valence-corrected chi connectivity index (χ0v) is 17.2. The second-order valence-electron chi connectivity index (χ2n) is 7.34. The molecular formula is C22H25FN2O3S. The quantitative estimate of drug-likeness (QED) is 0.735. The summed E-state index contributed by atoms with van der Waals surface area (Å²) in [6.07, 6.45) is 4.83. The smallest absolute Gasteiger partial charge is 0.246 e. The average Bonchev–Trinajstić information content (AvgIpc) is 2.72. The summed E-state index contributed by atoms with van der Waals surface area (Å²) in [6, 6.07) is 12.6. The topological polar surface area (TPSA) is 66.5 Å². The van der Waals surface area contributed by atoms with Gasteiger partial charge in [-0.3, -0.25) is 4.79 Å². The molecular weight excluding hydrogens is 391 g/mol. The van der Waals surface area contributed by atoms with Crippen LogP contribution in [0.1, 0.15) is 24.0 Å². The Morgan fingerprint density at radius 2 is 1.86 bits per heavy atom. The maximum atomic E-state index is 13.0. The Bertz CT molecular complexity index is 970. The summed E-state index contributed by atoms with van der Waals surface area (Å²) in [5.74, 6) is -0.381. The minimum absolute atomic E-state index is 0.0622. The van der Waals surface area contributed by atoms with E-state index in [-0.39, 0.29) is 22.5 Å². The standard InChI is InChI=1S/C22H25FN2O3S/c1-17-4-11-21(12-5-17)29(27,28)24-15-19-3-2-14-25(16-19)22(26)13-8-18-6-9-20(23)10-7-18/h4-13,19,24H,2-3,14-16H2,1H3/b13-8+. The van der Waals surface area contributed by atoms with Crippen molar-refractivity contribution in [3.63, 3.8) is 0 Å². The molecule has 29 heavy (non-hydrogen) atoms. The van der Waals surface area contributed by atoms with Crippen LogP contribution in [0.4, 0.5) is 4.39 Å². The van der Waals surface area contributed by atoms with Crippen molar-refractivity contribution in [3.8, 4) is 0 Å². The number of carbonyl (C=O) groups is 1. The van der Waals surface area contributed by atoms with Crippen molar-refractivity contribution in [3.05, 3.63) is 71.6 Å². The molecule has 1 aliphatic rings. The molecule has 1 saturated heterocycles. The SMILES string of the molecule is Cc1ccc(S(=O)(=O)NCC2CCCN(C(=O)/C=C/c3ccc(F)cc3)C2)cc1. The molecule has 2 aromatic carbocycles. The van der Waals surface area contributed by atoms with Crippen molar-refractivity contribution in [2.24, 2.45) is 5.92 Å². The second-order valence-corrected chi connectivity index (χ2v) is 9.11. The van der Waals surface area contributed by atoms with Crippen LogP contribution < -0.4 is 4.72 Å². The number of hydrogen-bond donors (Lipinski definition) is 1. The molecule has 0 saturated carbocycles. The Kier molecular flexibility index (Phi) is 6.82. The van der Waals surface area contributed by atoms with Crippen molar-refractivity contribution in [1.82, 2.24) is 9.62 Å². The van der Waals surface area contributed by atoms with Crippen LogP contribution in [0.2, 0.25) is 0 Å². The van der Waals surface area contributed by atoms with Gasteiger partial charge in [0.25, 0.3) is 0 Å². The van der Waals surface area contributed by atoms with Gasteiger partial charge in [-0.15, -0.1) is 0 Å². The van der Waals surface area contributed by atoms with Crippen molar-refractivity contribution in [2.45, 2.75) is 24.7 Å². The first-order chi connectivity index (χ1) is 13.8. The van der Waals surface area contributed by atoms with Crippen LogP contribution in [0, 0.1) is 18.7 Å². The molecule has 1 unspecified atom stereocenters. The lowest BCUT2D eigenvalue weighted by molar-refractivity contribution is -0.127. The number of hydrogen-bond acceptors (Lipinski definition) is 3. The molecule has 5 nitrogen and oxygen atoms in total. The number of nitrogens with one attached hydrogen (secondary N) is 1. The van der Waals surface area contributed by atoms with Crippen LogP contribution >= 0.6 is 0 Å². The highest BCUT2D eigenvalue weighted by atomic mass is 32.2. The molecule has 154 valence electrons. The van der Waals surface area contributed by atoms with Crippen LogP contribution in [0.3, 0.4) is 0 Å². The third-order valence-electron chi connectivity index (χ3n) is 5.01. The van der Waals surface area contributed by atoms with E-state index in [1.54, 1.807) is 47.4 Å². The van der Waals surface area contributed by atoms with Crippen molar-refractivity contribution >= 4 is 22.0 Å². The fourth-order valence-electron chi connectivity index (χ4n) is 3.31. The summed E-state index contributed by atoms with van der Waals surface area (Å²) in [4.78, 5) is 14.4. The zero-order valence-electron chi connectivity index (χ0n) is 16.3. The number of carbonyl (C=O) groups excluding carboxylic acids is 1. The molecule has 1 N–H and O–H groups in total. The Labute approximate surface area is 171 Å². The van der Waals surface area contributed by atoms with Crippen molar-refractivity contribution in [1.29, 1.82) is 0 Å². The molecule has 3 rings (SSSR count). The number of piperidine rings is 1. The van der Waals surface area contributed by atoms with Crippen LogP contribution in [0.15, 0.2) is 59.5 Å². The molecule has 0 spiro atoms. The van der Waals surface area contributed by atoms with Gasteiger partial charge in [-0.05, 0) is 61.6 Å². The molecule has 1 heterocycles. The van der Waals surface area contributed by atoms with Gasteiger partial charge in [0.05, 0.1) is 4.90 Å². The largest absolute Gasteiger partial charge is 0.339 e. The van der Waals surface area contributed by atoms with Gasteiger partial charge in [0.15, 0.2) is 0 Å². The summed E-state index contributed by atoms with van der Waals surface area (Å²) in [5.41, 5.74) is 1.75. The molecule has 1 fully saturated rings. The predicted octanol–water partition coefficient (Wildman–Crippen LogP) is 3.36. The lowest BCUT2D eigenvalue weighted by Gasteiger charge is -2.32. The number of rotatable bonds is 6. The Morgan fingerprint density at radius 1 is 1.17 bits per heavy atom. The molecule has 7 heteroatoms. The van der Waals surface area contributed by atoms with Gasteiger partial charge in [-0.25, -0.2) is 17.5 Å². The highest BCUT2D eigenvalue weighted by Gasteiger charge is 2.24. The fraction of sp³-hybridized carbons (Fsp3) is 0.318. The van der Waals surface area contributed by atoms with Crippen LogP contribution in [0.5, 0.6) is 0 Å². The normalized spacial score (nSPS) is 17.6. The second kappa shape index (κ2) is 9.33. The maximum absolute atomic E-state index is 13.0. The van der Waals surface area contributed by atoms with Gasteiger partial charge < -0.3 is 4.90 Å². The number of benzene rings is 2. The summed E-state index contributed by atoms with van der Waals surface area (Å²) in [5, 5.41) is 0. The van der Waals surface area contributed by atoms with E-state index in [0.29, 0.717) is 19.6 Å². The predicted molar refractivity (Wildman–Crippen MR) is 111 cm³/mol. The van der Waals surface area contributed by atoms with Gasteiger partial charge >= 0.3 is 0 Å². The van der Waals surface area contributed by atoms with Crippen LogP contribution in [0.25, 0.3) is 6.08 Å². The van der Waals surface area contributed by atoms with E-state index in [2.05, 4.69) is 4.72 Å². The molecule has 1 aliphatic heterocycles. The molecule has 0 aliphatic carbocycles. The monoisotopic (exact) mass is 416 g/mol. The average molecular weight is 417 g/mol. The Balaban J connectivity index is 1.55. The number of nitrogens with zero attached hydrogens (tertiary/aromatic N) is 1. The molecule has 1 atom stereocenters. The van der Waals surface area contributed by atoms with E-state index in [4.69, 9.17) is 0 Å². The van der Waals surface area contributed by atoms with E-state index >= 15 is 0 Å². The molecule has 0 bridgehead atoms. The van der Waals surface area contributed by atoms with E-state index in [0.717, 1.165) is 24.0 Å². The van der Waals surface area contributed by atoms with Gasteiger partial charge in [0.1, 0.15) is 5.82 Å². The number of amides is 1. The van der Waals surface area contributed by atoms with Crippen LogP contribution in [-0.4, -0.2) is 38.9 Å². The van der Waals surface area contributed by atoms with Crippen molar-refractivity contribution in [2.75, 3.05) is 19.6 Å². The maximum Gasteiger partial charge on any atom is 0.246 e. The number of halogens is 1. The lowest BCUT2D eigenvalue weighted by atomic mass is 9.98. The molecule has 0 aromatic heterocycles. The summed E-state index contributed by atoms with van der Waals surface area (Å²) >= 11 is 0. The van der Waals surface area contributed by atoms with Crippen molar-refractivity contribution < 1.29 is 17.6 Å². The molecule has 2 aromatic rings. The summed E-state index contributed by atoms with van der Waals surface area (Å²) < 4.78 is 40.5. The van der Waals surface area contributed by atoms with E-state index < -0.39 is 10.0 Å². The van der Waals surface area contributed by atoms with Gasteiger partial charge in [-0.2, -0.15) is 0 Å². The minimum Gasteiger partial charge on any atom is -0.339 e. The van der Waals surface area contributed by atoms with E-state index in [1.165, 1.54) is 18.2 Å². The van der Waals surface area contributed by atoms with Gasteiger partial charge in [0.2, 0.25) is 15.9 Å². The van der Waals surface area contributed by atoms with Crippen LogP contribution in [-0.2, 0) is 14.8 Å². The first kappa shape index (κ1) is 21.2. The first-order valence-corrected chi connectivity index (χ1v) is 11.1. The zero-order chi connectivity index (χ0) is 20.9. The van der Waals surface area contributed by atoms with Gasteiger partial charge in [-0.1, -0.05) is 29.8 Å². The lowest BCUT2D eigenvalue weighted by Crippen LogP contribution is -2.43. The number of sulfonamides is 1. The molecule has 1 amide bonds. The highest BCUT2D eigenvalue weighted by Crippen LogP contribution is 2.18. The minimum atomic E-state index is -3.56. The summed E-state index contributed by atoms with van der Waals surface area (Å²) in [7, 11) is -3.56. The van der Waals surface area contributed by atoms with E-state index in [1.807, 2.05) is 6.92 Å². The summed E-state index contributed by atoms with van der Waals surface area (Å²) in [6.45, 7) is 3.35. The number of aryl methyl sites for hydroxylation is 1. The van der Waals surface area contributed by atoms with Gasteiger partial charge in [0, 0.05) is 25.7 Å².